The first-order valence-corrected chi connectivity index (χ1v) is 17.0. The van der Waals surface area contributed by atoms with Crippen LogP contribution in [0.2, 0.25) is 0 Å². The number of phenolic OH excluding ortho intramolecular Hbond substituents is 1. The van der Waals surface area contributed by atoms with Crippen LogP contribution in [0, 0.1) is 21.3 Å². The van der Waals surface area contributed by atoms with Crippen LogP contribution in [0.5, 0.6) is 11.5 Å². The van der Waals surface area contributed by atoms with Crippen molar-refractivity contribution in [1.82, 2.24) is 0 Å². The summed E-state index contributed by atoms with van der Waals surface area (Å²) < 4.78 is 32.6. The number of rotatable bonds is 8. The molecular weight excluding hydrogens is 715 g/mol. The summed E-state index contributed by atoms with van der Waals surface area (Å²) in [7, 11) is 1.44. The van der Waals surface area contributed by atoms with Gasteiger partial charge in [0.25, 0.3) is 5.97 Å². The molecule has 7 rings (SSSR count). The summed E-state index contributed by atoms with van der Waals surface area (Å²) in [4.78, 5) is 27.0. The van der Waals surface area contributed by atoms with Gasteiger partial charge in [-0.1, -0.05) is 56.0 Å². The third-order valence-electron chi connectivity index (χ3n) is 10.8. The fourth-order valence-corrected chi connectivity index (χ4v) is 9.39. The number of fused-ring (bicyclic) bond motifs is 2. The topological polar surface area (TPSA) is 121 Å². The highest BCUT2D eigenvalue weighted by molar-refractivity contribution is 14.1. The van der Waals surface area contributed by atoms with Gasteiger partial charge in [0.2, 0.25) is 0 Å². The van der Waals surface area contributed by atoms with Gasteiger partial charge >= 0.3 is 5.97 Å². The summed E-state index contributed by atoms with van der Waals surface area (Å²) in [6, 6.07) is 13.0. The van der Waals surface area contributed by atoms with Gasteiger partial charge in [0, 0.05) is 21.8 Å². The Morgan fingerprint density at radius 1 is 1.17 bits per heavy atom. The molecule has 248 valence electrons. The molecule has 47 heavy (non-hydrogen) atoms. The Morgan fingerprint density at radius 3 is 2.62 bits per heavy atom. The van der Waals surface area contributed by atoms with Crippen LogP contribution in [-0.4, -0.2) is 64.6 Å². The maximum absolute atomic E-state index is 13.8. The van der Waals surface area contributed by atoms with E-state index in [0.717, 1.165) is 11.1 Å². The summed E-state index contributed by atoms with van der Waals surface area (Å²) in [6.45, 7) is 9.99. The second-order valence-electron chi connectivity index (χ2n) is 13.8. The van der Waals surface area contributed by atoms with E-state index in [0.29, 0.717) is 33.1 Å². The van der Waals surface area contributed by atoms with Crippen molar-refractivity contribution in [2.24, 2.45) is 17.8 Å². The predicted molar refractivity (Wildman–Crippen MR) is 179 cm³/mol. The average Bonchev–Trinajstić information content (AvgIpc) is 3.33. The monoisotopic (exact) mass is 754 g/mol. The van der Waals surface area contributed by atoms with Gasteiger partial charge in [-0.25, -0.2) is 0 Å². The van der Waals surface area contributed by atoms with Crippen LogP contribution in [0.25, 0.3) is 0 Å². The first-order chi connectivity index (χ1) is 22.3. The predicted octanol–water partition coefficient (Wildman–Crippen LogP) is 5.35. The molecule has 1 saturated carbocycles. The molecule has 5 aliphatic rings. The number of hydrogen-bond acceptors (Lipinski definition) is 9. The lowest BCUT2D eigenvalue weighted by molar-refractivity contribution is -0.421. The normalized spacial score (nSPS) is 36.6. The van der Waals surface area contributed by atoms with Crippen molar-refractivity contribution in [1.29, 1.82) is 0 Å². The van der Waals surface area contributed by atoms with Crippen LogP contribution < -0.4 is 4.74 Å². The van der Waals surface area contributed by atoms with Crippen molar-refractivity contribution in [3.8, 4) is 11.5 Å². The van der Waals surface area contributed by atoms with Crippen molar-refractivity contribution in [2.45, 2.75) is 75.3 Å². The van der Waals surface area contributed by atoms with E-state index in [9.17, 15) is 19.8 Å². The molecule has 2 heterocycles. The van der Waals surface area contributed by atoms with Gasteiger partial charge in [0.05, 0.1) is 25.6 Å². The number of ether oxygens (including phenoxy) is 5. The highest BCUT2D eigenvalue weighted by Crippen LogP contribution is 2.68. The molecule has 2 aromatic carbocycles. The van der Waals surface area contributed by atoms with E-state index < -0.39 is 46.7 Å². The van der Waals surface area contributed by atoms with Gasteiger partial charge < -0.3 is 33.9 Å². The number of carbonyl (C=O) groups excluding carboxylic acids is 2. The van der Waals surface area contributed by atoms with Crippen LogP contribution in [-0.2, 0) is 41.4 Å². The number of methoxy groups -OCH3 is 1. The largest absolute Gasteiger partial charge is 0.504 e. The summed E-state index contributed by atoms with van der Waals surface area (Å²) in [5.74, 6) is -3.37. The Hall–Kier alpha value is -3.03. The lowest BCUT2D eigenvalue weighted by Crippen LogP contribution is -2.70. The zero-order valence-corrected chi connectivity index (χ0v) is 29.0. The van der Waals surface area contributed by atoms with Gasteiger partial charge in [0.1, 0.15) is 23.9 Å². The Morgan fingerprint density at radius 2 is 1.91 bits per heavy atom. The van der Waals surface area contributed by atoms with E-state index in [1.807, 2.05) is 49.4 Å². The molecule has 8 atom stereocenters. The molecule has 10 heteroatoms. The maximum Gasteiger partial charge on any atom is 0.310 e. The lowest BCUT2D eigenvalue weighted by Gasteiger charge is -2.59. The second-order valence-corrected chi connectivity index (χ2v) is 14.9. The number of hydrogen-bond donors (Lipinski definition) is 2. The number of carbonyl (C=O) groups is 2. The number of aliphatic hydroxyl groups is 1. The molecule has 2 N–H and O–H groups in total. The second kappa shape index (κ2) is 11.3. The highest BCUT2D eigenvalue weighted by atomic mass is 127. The molecule has 2 saturated heterocycles. The van der Waals surface area contributed by atoms with E-state index in [-0.39, 0.29) is 42.6 Å². The van der Waals surface area contributed by atoms with Crippen LogP contribution in [0.4, 0.5) is 0 Å². The molecule has 4 unspecified atom stereocenters. The molecule has 3 fully saturated rings. The van der Waals surface area contributed by atoms with Gasteiger partial charge in [-0.15, -0.1) is 0 Å². The van der Waals surface area contributed by atoms with Gasteiger partial charge in [-0.3, -0.25) is 9.59 Å². The molecule has 0 amide bonds. The van der Waals surface area contributed by atoms with E-state index in [4.69, 9.17) is 23.7 Å². The minimum atomic E-state index is -1.81. The van der Waals surface area contributed by atoms with Crippen LogP contribution in [0.1, 0.15) is 44.7 Å². The fraction of sp³-hybridized carbons (Fsp3) is 0.459. The summed E-state index contributed by atoms with van der Waals surface area (Å²) >= 11 is 2.05. The van der Waals surface area contributed by atoms with E-state index in [2.05, 4.69) is 36.1 Å². The van der Waals surface area contributed by atoms with Crippen molar-refractivity contribution in [2.75, 3.05) is 13.7 Å². The Bertz CT molecular complexity index is 1730. The summed E-state index contributed by atoms with van der Waals surface area (Å²) in [6.07, 6.45) is 4.13. The Kier molecular flexibility index (Phi) is 7.79. The number of ketones is 1. The van der Waals surface area contributed by atoms with Crippen molar-refractivity contribution < 1.29 is 43.5 Å². The van der Waals surface area contributed by atoms with Gasteiger partial charge in [0.15, 0.2) is 17.3 Å². The van der Waals surface area contributed by atoms with Gasteiger partial charge in [-0.05, 0) is 88.8 Å². The molecule has 3 aliphatic carbocycles. The number of esters is 1. The molecule has 0 radical (unpaired) electrons. The maximum atomic E-state index is 13.8. The number of Topliss-reactive ketones (excluding diaryl/α,β-unsaturated/α-hetero) is 1. The van der Waals surface area contributed by atoms with Crippen LogP contribution >= 0.6 is 22.6 Å². The summed E-state index contributed by atoms with van der Waals surface area (Å²) in [5, 5.41) is 22.5. The minimum Gasteiger partial charge on any atom is -0.504 e. The molecule has 2 aliphatic heterocycles. The van der Waals surface area contributed by atoms with E-state index in [1.54, 1.807) is 13.0 Å². The van der Waals surface area contributed by atoms with Crippen LogP contribution in [0.3, 0.4) is 0 Å². The van der Waals surface area contributed by atoms with Crippen molar-refractivity contribution in [3.63, 3.8) is 0 Å². The molecular formula is C37H39IO9. The van der Waals surface area contributed by atoms with E-state index >= 15 is 0 Å². The SMILES string of the molecule is C=C(C)[C@]12CC(C)[C@@]34O[C@](Cc5ccccc5)(OC1C3C=C(COC(=O)Cc1cc(OC)c(O)cc1I)C[C@]1(O)C(=O)C(C)=CC41)O2. The summed E-state index contributed by atoms with van der Waals surface area (Å²) in [5.41, 5.74) is -0.221. The number of phenols is 1. The zero-order chi connectivity index (χ0) is 33.5. The van der Waals surface area contributed by atoms with E-state index in [1.165, 1.54) is 13.2 Å². The van der Waals surface area contributed by atoms with Crippen molar-refractivity contribution in [3.05, 3.63) is 92.6 Å². The number of benzene rings is 2. The van der Waals surface area contributed by atoms with Crippen LogP contribution in [0.15, 0.2) is 77.9 Å². The molecule has 2 aromatic rings. The van der Waals surface area contributed by atoms with Crippen molar-refractivity contribution >= 4 is 34.3 Å². The zero-order valence-electron chi connectivity index (χ0n) is 26.9. The Labute approximate surface area is 287 Å². The Balaban J connectivity index is 1.27. The lowest BCUT2D eigenvalue weighted by atomic mass is 9.55. The molecule has 0 spiro atoms. The first-order valence-electron chi connectivity index (χ1n) is 15.9. The average molecular weight is 755 g/mol. The smallest absolute Gasteiger partial charge is 0.310 e. The third-order valence-corrected chi connectivity index (χ3v) is 11.8. The minimum absolute atomic E-state index is 0.0175. The molecule has 0 aromatic heterocycles. The quantitative estimate of drug-likeness (QED) is 0.209. The first kappa shape index (κ1) is 32.5. The van der Waals surface area contributed by atoms with Gasteiger partial charge in [-0.2, -0.15) is 0 Å². The molecule has 3 bridgehead atoms. The third kappa shape index (κ3) is 4.85. The fourth-order valence-electron chi connectivity index (χ4n) is 8.75. The molecule has 9 nitrogen and oxygen atoms in total. The standard InChI is InChI=1S/C37H39IO9/c1-20(2)35-16-22(4)37-26(33(35)45-36(46-35,47-37)18-23-9-7-6-8-10-23)12-24(17-34(42)30(37)11-21(3)32(34)41)19-44-31(40)14-25-13-29(43-5)28(39)15-27(25)38/h6-13,15,22,26,30,33,39,42H,1,14,16-19H2,2-5H3/t22?,26?,30?,33?,34-,35-,36-,37-/m1/s1. The number of halogens is 1. The number of aromatic hydroxyl groups is 1. The highest BCUT2D eigenvalue weighted by Gasteiger charge is 2.79.